The fourth-order valence-electron chi connectivity index (χ4n) is 3.76. The highest BCUT2D eigenvalue weighted by molar-refractivity contribution is 7.99. The van der Waals surface area contributed by atoms with Gasteiger partial charge in [-0.2, -0.15) is 0 Å². The van der Waals surface area contributed by atoms with Gasteiger partial charge in [0.1, 0.15) is 5.60 Å². The van der Waals surface area contributed by atoms with Crippen LogP contribution in [0.3, 0.4) is 0 Å². The number of hydrogen-bond acceptors (Lipinski definition) is 4. The van der Waals surface area contributed by atoms with Crippen LogP contribution in [0.25, 0.3) is 0 Å². The Kier molecular flexibility index (Phi) is 4.08. The average molecular weight is 427 g/mol. The summed E-state index contributed by atoms with van der Waals surface area (Å²) in [6.45, 7) is 2.18. The van der Waals surface area contributed by atoms with Gasteiger partial charge in [0.05, 0.1) is 22.4 Å². The van der Waals surface area contributed by atoms with E-state index in [0.717, 1.165) is 36.2 Å². The van der Waals surface area contributed by atoms with Crippen LogP contribution in [0, 0.1) is 5.82 Å². The molecule has 1 spiro atoms. The molecule has 3 nitrogen and oxygen atoms in total. The first-order valence-electron chi connectivity index (χ1n) is 8.48. The molecule has 2 aromatic carbocycles. The molecule has 1 fully saturated rings. The van der Waals surface area contributed by atoms with E-state index in [-0.39, 0.29) is 27.6 Å². The fraction of sp³-hybridized carbons (Fsp3) is 0.316. The molecule has 8 heteroatoms. The van der Waals surface area contributed by atoms with Crippen LogP contribution in [0.1, 0.15) is 28.7 Å². The van der Waals surface area contributed by atoms with Crippen LogP contribution < -0.4 is 5.32 Å². The van der Waals surface area contributed by atoms with E-state index in [9.17, 15) is 4.39 Å². The highest BCUT2D eigenvalue weighted by Crippen LogP contribution is 2.50. The Morgan fingerprint density at radius 1 is 1.15 bits per heavy atom. The number of nitrogens with one attached hydrogen (secondary N) is 1. The Hall–Kier alpha value is -1.18. The lowest BCUT2D eigenvalue weighted by Gasteiger charge is -2.39. The van der Waals surface area contributed by atoms with Crippen molar-refractivity contribution in [1.29, 1.82) is 0 Å². The molecule has 3 heterocycles. The highest BCUT2D eigenvalue weighted by Gasteiger charge is 2.46. The number of hydrogen-bond donors (Lipinski definition) is 1. The van der Waals surface area contributed by atoms with E-state index in [0.29, 0.717) is 12.3 Å². The zero-order valence-electron chi connectivity index (χ0n) is 14.0. The lowest BCUT2D eigenvalue weighted by Crippen LogP contribution is -2.56. The summed E-state index contributed by atoms with van der Waals surface area (Å²) in [5.41, 5.74) is 3.84. The second-order valence-electron chi connectivity index (χ2n) is 7.05. The third-order valence-corrected chi connectivity index (χ3v) is 6.90. The van der Waals surface area contributed by atoms with Crippen LogP contribution >= 0.6 is 35.1 Å². The first-order valence-corrected chi connectivity index (χ1v) is 10.0. The van der Waals surface area contributed by atoms with Gasteiger partial charge in [-0.3, -0.25) is 0 Å². The van der Waals surface area contributed by atoms with Crippen LogP contribution in [0.5, 0.6) is 0 Å². The minimum atomic E-state index is -1.83. The predicted octanol–water partition coefficient (Wildman–Crippen LogP) is 5.12. The number of halogens is 4. The van der Waals surface area contributed by atoms with Gasteiger partial charge in [0.15, 0.2) is 5.82 Å². The Morgan fingerprint density at radius 2 is 1.89 bits per heavy atom. The largest absolute Gasteiger partial charge is 0.363 e. The van der Waals surface area contributed by atoms with Gasteiger partial charge in [-0.15, -0.1) is 0 Å². The Labute approximate surface area is 169 Å². The molecular formula is C19H14Cl2F2N2OS. The summed E-state index contributed by atoms with van der Waals surface area (Å²) in [6, 6.07) is 8.59. The molecule has 3 aliphatic heterocycles. The number of rotatable bonds is 2. The van der Waals surface area contributed by atoms with E-state index in [1.165, 1.54) is 17.7 Å². The molecule has 1 atom stereocenters. The summed E-state index contributed by atoms with van der Waals surface area (Å²) < 4.78 is 39.5. The monoisotopic (exact) mass is 426 g/mol. The van der Waals surface area contributed by atoms with E-state index >= 15 is 4.39 Å². The molecule has 0 aliphatic carbocycles. The second kappa shape index (κ2) is 6.16. The van der Waals surface area contributed by atoms with Crippen molar-refractivity contribution in [1.82, 2.24) is 5.32 Å². The summed E-state index contributed by atoms with van der Waals surface area (Å²) in [5.74, 6) is -0.743. The van der Waals surface area contributed by atoms with Gasteiger partial charge in [0.2, 0.25) is 5.00 Å². The molecule has 0 amide bonds. The summed E-state index contributed by atoms with van der Waals surface area (Å²) in [7, 11) is 0. The zero-order valence-corrected chi connectivity index (χ0v) is 16.3. The number of fused-ring (bicyclic) bond motifs is 2. The smallest absolute Gasteiger partial charge is 0.207 e. The van der Waals surface area contributed by atoms with Gasteiger partial charge in [-0.25, -0.2) is 13.2 Å². The minimum Gasteiger partial charge on any atom is -0.363 e. The van der Waals surface area contributed by atoms with Gasteiger partial charge in [0, 0.05) is 37.0 Å². The van der Waals surface area contributed by atoms with Crippen LogP contribution in [0.15, 0.2) is 34.7 Å². The molecule has 0 saturated carbocycles. The molecule has 3 aliphatic rings. The van der Waals surface area contributed by atoms with Crippen LogP contribution in [-0.4, -0.2) is 18.8 Å². The van der Waals surface area contributed by atoms with Crippen LogP contribution in [-0.2, 0) is 21.9 Å². The molecular weight excluding hydrogens is 413 g/mol. The Balaban J connectivity index is 1.43. The summed E-state index contributed by atoms with van der Waals surface area (Å²) in [6.07, 6.45) is 0.0578. The van der Waals surface area contributed by atoms with E-state index in [4.69, 9.17) is 27.9 Å². The zero-order chi connectivity index (χ0) is 18.8. The van der Waals surface area contributed by atoms with Crippen molar-refractivity contribution in [2.45, 2.75) is 23.6 Å². The van der Waals surface area contributed by atoms with Crippen LogP contribution in [0.2, 0.25) is 10.0 Å². The third kappa shape index (κ3) is 2.73. The first kappa shape index (κ1) is 17.9. The molecule has 0 bridgehead atoms. The van der Waals surface area contributed by atoms with Crippen molar-refractivity contribution < 1.29 is 13.5 Å². The van der Waals surface area contributed by atoms with Gasteiger partial charge in [-0.05, 0) is 34.9 Å². The second-order valence-corrected chi connectivity index (χ2v) is 8.87. The Morgan fingerprint density at radius 3 is 2.56 bits per heavy atom. The van der Waals surface area contributed by atoms with E-state index in [1.807, 2.05) is 12.1 Å². The molecule has 0 aromatic heterocycles. The maximum atomic E-state index is 15.5. The summed E-state index contributed by atoms with van der Waals surface area (Å²) in [5, 5.41) is 1.02. The number of alkyl halides is 1. The number of benzene rings is 2. The molecule has 0 radical (unpaired) electrons. The fourth-order valence-corrected chi connectivity index (χ4v) is 5.10. The van der Waals surface area contributed by atoms with Crippen molar-refractivity contribution in [3.8, 4) is 0 Å². The van der Waals surface area contributed by atoms with Crippen molar-refractivity contribution >= 4 is 40.9 Å². The molecule has 1 N–H and O–H groups in total. The third-order valence-electron chi connectivity index (χ3n) is 5.36. The SMILES string of the molecule is Fc1c(Cl)cc(C2(F)CC(c3ccc4c(c3)COC43CNC3)=NS2)cc1Cl. The van der Waals surface area contributed by atoms with Crippen molar-refractivity contribution in [3.63, 3.8) is 0 Å². The lowest BCUT2D eigenvalue weighted by atomic mass is 9.86. The molecule has 5 rings (SSSR count). The first-order chi connectivity index (χ1) is 12.9. The van der Waals surface area contributed by atoms with Crippen molar-refractivity contribution in [3.05, 3.63) is 68.4 Å². The van der Waals surface area contributed by atoms with Gasteiger partial charge < -0.3 is 10.1 Å². The number of nitrogens with zero attached hydrogens (tertiary/aromatic N) is 1. The van der Waals surface area contributed by atoms with Gasteiger partial charge in [0.25, 0.3) is 0 Å². The topological polar surface area (TPSA) is 33.6 Å². The van der Waals surface area contributed by atoms with Gasteiger partial charge >= 0.3 is 0 Å². The lowest BCUT2D eigenvalue weighted by molar-refractivity contribution is -0.0746. The quantitative estimate of drug-likeness (QED) is 0.533. The molecule has 1 unspecified atom stereocenters. The predicted molar refractivity (Wildman–Crippen MR) is 104 cm³/mol. The molecule has 27 heavy (non-hydrogen) atoms. The molecule has 2 aromatic rings. The standard InChI is InChI=1S/C19H14Cl2F2N2OS/c20-14-4-12(5-15(21)17(14)22)19(23)6-16(25-27-19)10-1-2-13-11(3-10)7-26-18(13)8-24-9-18/h1-5,24H,6-9H2. The number of ether oxygens (including phenoxy) is 1. The van der Waals surface area contributed by atoms with Crippen LogP contribution in [0.4, 0.5) is 8.78 Å². The summed E-state index contributed by atoms with van der Waals surface area (Å²) >= 11 is 12.5. The van der Waals surface area contributed by atoms with Gasteiger partial charge in [-0.1, -0.05) is 35.3 Å². The van der Waals surface area contributed by atoms with Crippen molar-refractivity contribution in [2.24, 2.45) is 4.40 Å². The minimum absolute atomic E-state index is 0.0578. The molecule has 1 saturated heterocycles. The van der Waals surface area contributed by atoms with E-state index in [2.05, 4.69) is 15.8 Å². The highest BCUT2D eigenvalue weighted by atomic mass is 35.5. The normalized spacial score (nSPS) is 25.4. The van der Waals surface area contributed by atoms with E-state index < -0.39 is 10.8 Å². The van der Waals surface area contributed by atoms with E-state index in [1.54, 1.807) is 0 Å². The molecule has 140 valence electrons. The van der Waals surface area contributed by atoms with Crippen molar-refractivity contribution in [2.75, 3.05) is 13.1 Å². The maximum Gasteiger partial charge on any atom is 0.207 e. The summed E-state index contributed by atoms with van der Waals surface area (Å²) in [4.78, 5) is 0. The Bertz CT molecular complexity index is 973. The maximum absolute atomic E-state index is 15.5. The average Bonchev–Trinajstić information content (AvgIpc) is 3.20.